The number of rotatable bonds is 1. The van der Waals surface area contributed by atoms with E-state index in [0.717, 1.165) is 18.3 Å². The molecular weight excluding hydrogens is 290 g/mol. The number of aromatic carboxylic acids is 1. The predicted molar refractivity (Wildman–Crippen MR) is 75.8 cm³/mol. The normalized spacial score (nSPS) is 9.18. The number of para-hydroxylation sites is 1. The van der Waals surface area contributed by atoms with Crippen LogP contribution in [0.15, 0.2) is 36.9 Å². The number of H-pyrrole nitrogens is 2. The van der Waals surface area contributed by atoms with Gasteiger partial charge in [0.2, 0.25) is 12.1 Å². The Bertz CT molecular complexity index is 744. The number of nitrogens with one attached hydrogen (secondary N) is 2. The molecule has 116 valence electrons. The molecule has 3 aromatic rings. The third kappa shape index (κ3) is 4.15. The molecule has 2 heterocycles. The molecule has 0 unspecified atom stereocenters. The fourth-order valence-electron chi connectivity index (χ4n) is 1.47. The van der Waals surface area contributed by atoms with Gasteiger partial charge >= 0.3 is 5.97 Å². The van der Waals surface area contributed by atoms with Gasteiger partial charge in [0.15, 0.2) is 11.8 Å². The molecule has 0 aliphatic rings. The number of aliphatic hydroxyl groups excluding tert-OH is 1. The van der Waals surface area contributed by atoms with Crippen LogP contribution in [-0.4, -0.2) is 38.2 Å². The average molecular weight is 305 g/mol. The SMILES string of the molecule is CO.Nc1nc[nH+]c2nc[nH]c12.O=C(O)c1ccccc1[O-]. The second kappa shape index (κ2) is 8.17. The molecule has 9 nitrogen and oxygen atoms in total. The molecular formula is C13H15N5O4. The third-order valence-corrected chi connectivity index (χ3v) is 2.42. The Labute approximate surface area is 125 Å². The third-order valence-electron chi connectivity index (χ3n) is 2.42. The Morgan fingerprint density at radius 2 is 2.00 bits per heavy atom. The van der Waals surface area contributed by atoms with E-state index < -0.39 is 11.7 Å². The number of hydrogen-bond donors (Lipinski definition) is 4. The van der Waals surface area contributed by atoms with E-state index in [1.807, 2.05) is 0 Å². The van der Waals surface area contributed by atoms with Crippen molar-refractivity contribution in [1.82, 2.24) is 15.0 Å². The van der Waals surface area contributed by atoms with Gasteiger partial charge in [-0.2, -0.15) is 0 Å². The number of nitrogens with zero attached hydrogens (tertiary/aromatic N) is 2. The molecule has 0 spiro atoms. The summed E-state index contributed by atoms with van der Waals surface area (Å²) >= 11 is 0. The topological polar surface area (TPSA) is 162 Å². The summed E-state index contributed by atoms with van der Waals surface area (Å²) in [6.07, 6.45) is 3.08. The van der Waals surface area contributed by atoms with Gasteiger partial charge in [0.05, 0.1) is 5.56 Å². The maximum absolute atomic E-state index is 10.7. The lowest BCUT2D eigenvalue weighted by Crippen LogP contribution is -2.06. The first-order chi connectivity index (χ1) is 10.6. The highest BCUT2D eigenvalue weighted by Crippen LogP contribution is 2.10. The molecule has 1 aromatic carbocycles. The number of aromatic amines is 2. The zero-order valence-electron chi connectivity index (χ0n) is 11.6. The van der Waals surface area contributed by atoms with E-state index in [1.54, 1.807) is 6.33 Å². The van der Waals surface area contributed by atoms with E-state index in [1.165, 1.54) is 30.6 Å². The predicted octanol–water partition coefficient (Wildman–Crippen LogP) is -0.579. The molecule has 22 heavy (non-hydrogen) atoms. The molecule has 2 aromatic heterocycles. The van der Waals surface area contributed by atoms with Crippen LogP contribution in [0.5, 0.6) is 5.75 Å². The summed E-state index contributed by atoms with van der Waals surface area (Å²) in [5.41, 5.74) is 6.80. The van der Waals surface area contributed by atoms with E-state index in [4.69, 9.17) is 15.9 Å². The van der Waals surface area contributed by atoms with Crippen LogP contribution in [0.4, 0.5) is 5.82 Å². The number of anilines is 1. The molecule has 6 N–H and O–H groups in total. The minimum atomic E-state index is -1.18. The van der Waals surface area contributed by atoms with Gasteiger partial charge in [0.1, 0.15) is 0 Å². The highest BCUT2D eigenvalue weighted by molar-refractivity contribution is 5.90. The highest BCUT2D eigenvalue weighted by atomic mass is 16.4. The van der Waals surface area contributed by atoms with Gasteiger partial charge in [-0.15, -0.1) is 0 Å². The van der Waals surface area contributed by atoms with Crippen molar-refractivity contribution in [3.8, 4) is 5.75 Å². The standard InChI is InChI=1S/C7H6O3.C5H5N5.CH4O/c8-6-4-2-1-3-5(6)7(9)10;6-4-3-5(9-1-7-3)10-2-8-4;1-2/h1-4,8H,(H,9,10);1-2H,(H3,6,7,8,9,10);2H,1H3. The van der Waals surface area contributed by atoms with Gasteiger partial charge in [-0.3, -0.25) is 0 Å². The van der Waals surface area contributed by atoms with Crippen molar-refractivity contribution in [3.05, 3.63) is 42.5 Å². The van der Waals surface area contributed by atoms with Crippen LogP contribution < -0.4 is 15.8 Å². The number of carbonyl (C=O) groups is 1. The number of nitrogens with two attached hydrogens (primary N) is 1. The summed E-state index contributed by atoms with van der Waals surface area (Å²) in [5.74, 6) is -1.16. The summed E-state index contributed by atoms with van der Waals surface area (Å²) < 4.78 is 0. The molecule has 0 amide bonds. The highest BCUT2D eigenvalue weighted by Gasteiger charge is 2.06. The molecule has 0 aliphatic carbocycles. The zero-order chi connectivity index (χ0) is 16.5. The molecule has 0 saturated carbocycles. The molecule has 0 fully saturated rings. The summed E-state index contributed by atoms with van der Waals surface area (Å²) in [6.45, 7) is 0. The Kier molecular flexibility index (Phi) is 6.26. The second-order valence-corrected chi connectivity index (χ2v) is 3.72. The van der Waals surface area contributed by atoms with Crippen molar-refractivity contribution in [2.24, 2.45) is 0 Å². The first kappa shape index (κ1) is 16.9. The zero-order valence-corrected chi connectivity index (χ0v) is 11.6. The maximum Gasteiger partial charge on any atom is 0.335 e. The van der Waals surface area contributed by atoms with E-state index in [-0.39, 0.29) is 5.56 Å². The average Bonchev–Trinajstić information content (AvgIpc) is 3.00. The molecule has 0 bridgehead atoms. The summed E-state index contributed by atoms with van der Waals surface area (Å²) in [4.78, 5) is 23.7. The number of fused-ring (bicyclic) bond motifs is 1. The van der Waals surface area contributed by atoms with E-state index >= 15 is 0 Å². The van der Waals surface area contributed by atoms with Gasteiger partial charge in [0, 0.05) is 7.11 Å². The van der Waals surface area contributed by atoms with Crippen LogP contribution in [0.3, 0.4) is 0 Å². The number of benzene rings is 1. The summed E-state index contributed by atoms with van der Waals surface area (Å²) in [6, 6.07) is 5.54. The summed E-state index contributed by atoms with van der Waals surface area (Å²) in [5, 5.41) is 26.0. The molecule has 3 rings (SSSR count). The lowest BCUT2D eigenvalue weighted by atomic mass is 10.2. The smallest absolute Gasteiger partial charge is 0.335 e. The fourth-order valence-corrected chi connectivity index (χ4v) is 1.47. The number of nitrogen functional groups attached to an aromatic ring is 1. The lowest BCUT2D eigenvalue weighted by molar-refractivity contribution is -0.352. The minimum absolute atomic E-state index is 0.178. The van der Waals surface area contributed by atoms with Gasteiger partial charge in [-0.05, 0) is 6.07 Å². The maximum atomic E-state index is 10.7. The van der Waals surface area contributed by atoms with Gasteiger partial charge in [-0.25, -0.2) is 9.78 Å². The van der Waals surface area contributed by atoms with Gasteiger partial charge in [0.25, 0.3) is 5.65 Å². The first-order valence-corrected chi connectivity index (χ1v) is 5.99. The van der Waals surface area contributed by atoms with Crippen molar-refractivity contribution in [2.75, 3.05) is 12.8 Å². The number of carboxylic acid groups (broad SMARTS) is 1. The van der Waals surface area contributed by atoms with Crippen molar-refractivity contribution in [1.29, 1.82) is 0 Å². The number of aromatic nitrogens is 4. The molecule has 0 saturated heterocycles. The Morgan fingerprint density at radius 3 is 2.55 bits per heavy atom. The van der Waals surface area contributed by atoms with Crippen LogP contribution in [-0.2, 0) is 0 Å². The Balaban J connectivity index is 0.000000198. The van der Waals surface area contributed by atoms with Crippen LogP contribution in [0.25, 0.3) is 11.2 Å². The quantitative estimate of drug-likeness (QED) is 0.467. The number of carboxylic acids is 1. The van der Waals surface area contributed by atoms with E-state index in [2.05, 4.69) is 19.9 Å². The van der Waals surface area contributed by atoms with Crippen molar-refractivity contribution in [2.45, 2.75) is 0 Å². The Morgan fingerprint density at radius 1 is 1.32 bits per heavy atom. The monoisotopic (exact) mass is 305 g/mol. The Hall–Kier alpha value is -3.20. The van der Waals surface area contributed by atoms with Crippen LogP contribution in [0.1, 0.15) is 10.4 Å². The molecule has 0 aliphatic heterocycles. The molecule has 9 heteroatoms. The molecule has 0 radical (unpaired) electrons. The van der Waals surface area contributed by atoms with Crippen molar-refractivity contribution >= 4 is 23.0 Å². The lowest BCUT2D eigenvalue weighted by Gasteiger charge is -2.07. The molecule has 0 atom stereocenters. The van der Waals surface area contributed by atoms with Crippen molar-refractivity contribution in [3.63, 3.8) is 0 Å². The van der Waals surface area contributed by atoms with Crippen molar-refractivity contribution < 1.29 is 25.1 Å². The van der Waals surface area contributed by atoms with Crippen LogP contribution in [0.2, 0.25) is 0 Å². The minimum Gasteiger partial charge on any atom is -0.872 e. The number of hydrogen-bond acceptors (Lipinski definition) is 6. The second-order valence-electron chi connectivity index (χ2n) is 3.72. The number of aliphatic hydroxyl groups is 1. The first-order valence-electron chi connectivity index (χ1n) is 5.99. The fraction of sp³-hybridized carbons (Fsp3) is 0.0769. The van der Waals surface area contributed by atoms with Gasteiger partial charge < -0.3 is 26.0 Å². The number of imidazole rings is 1. The van der Waals surface area contributed by atoms with Crippen LogP contribution >= 0.6 is 0 Å². The van der Waals surface area contributed by atoms with Gasteiger partial charge in [-0.1, -0.05) is 33.9 Å². The largest absolute Gasteiger partial charge is 0.872 e. The van der Waals surface area contributed by atoms with E-state index in [9.17, 15) is 9.90 Å². The van der Waals surface area contributed by atoms with Crippen LogP contribution in [0, 0.1) is 0 Å². The van der Waals surface area contributed by atoms with E-state index in [0.29, 0.717) is 5.82 Å². The summed E-state index contributed by atoms with van der Waals surface area (Å²) in [7, 11) is 1.00.